The van der Waals surface area contributed by atoms with E-state index in [0.717, 1.165) is 33.7 Å². The summed E-state index contributed by atoms with van der Waals surface area (Å²) in [5.41, 5.74) is 2.92. The topological polar surface area (TPSA) is 31.4 Å². The Balaban J connectivity index is 1.91. The predicted molar refractivity (Wildman–Crippen MR) is 90.2 cm³/mol. The summed E-state index contributed by atoms with van der Waals surface area (Å²) < 4.78 is 10.6. The molecule has 0 unspecified atom stereocenters. The minimum atomic E-state index is 0.769. The normalized spacial score (nSPS) is 11.0. The van der Waals surface area contributed by atoms with E-state index in [9.17, 15) is 0 Å². The van der Waals surface area contributed by atoms with Crippen LogP contribution in [-0.2, 0) is 0 Å². The third-order valence-electron chi connectivity index (χ3n) is 3.44. The average Bonchev–Trinajstić information content (AvgIpc) is 2.59. The molecule has 0 aliphatic heterocycles. The number of nitrogens with zero attached hydrogens (tertiary/aromatic N) is 1. The van der Waals surface area contributed by atoms with Crippen LogP contribution in [0.5, 0.6) is 11.5 Å². The lowest BCUT2D eigenvalue weighted by atomic mass is 10.1. The second-order valence-corrected chi connectivity index (χ2v) is 4.91. The van der Waals surface area contributed by atoms with E-state index in [0.29, 0.717) is 0 Å². The molecule has 3 aromatic rings. The van der Waals surface area contributed by atoms with E-state index in [2.05, 4.69) is 17.1 Å². The molecular weight excluding hydrogens is 274 g/mol. The first-order chi connectivity index (χ1) is 10.8. The fourth-order valence-electron chi connectivity index (χ4n) is 2.28. The second kappa shape index (κ2) is 6.31. The molecule has 0 saturated carbocycles. The number of aromatic nitrogens is 1. The van der Waals surface area contributed by atoms with Gasteiger partial charge in [-0.1, -0.05) is 30.3 Å². The van der Waals surface area contributed by atoms with Gasteiger partial charge >= 0.3 is 0 Å². The minimum absolute atomic E-state index is 0.769. The van der Waals surface area contributed by atoms with Crippen molar-refractivity contribution in [3.05, 3.63) is 65.9 Å². The van der Waals surface area contributed by atoms with Crippen molar-refractivity contribution >= 4 is 23.1 Å². The number of ether oxygens (including phenoxy) is 2. The molecule has 0 fully saturated rings. The van der Waals surface area contributed by atoms with Crippen LogP contribution in [-0.4, -0.2) is 19.2 Å². The molecule has 0 amide bonds. The van der Waals surface area contributed by atoms with Gasteiger partial charge in [0, 0.05) is 11.5 Å². The van der Waals surface area contributed by atoms with Crippen LogP contribution < -0.4 is 9.47 Å². The largest absolute Gasteiger partial charge is 0.497 e. The summed E-state index contributed by atoms with van der Waals surface area (Å²) >= 11 is 0. The maximum Gasteiger partial charge on any atom is 0.123 e. The highest BCUT2D eigenvalue weighted by atomic mass is 16.5. The molecule has 0 spiro atoms. The van der Waals surface area contributed by atoms with E-state index >= 15 is 0 Å². The Morgan fingerprint density at radius 2 is 1.55 bits per heavy atom. The zero-order valence-corrected chi connectivity index (χ0v) is 12.6. The predicted octanol–water partition coefficient (Wildman–Crippen LogP) is 4.42. The summed E-state index contributed by atoms with van der Waals surface area (Å²) in [5.74, 6) is 1.54. The maximum atomic E-state index is 5.28. The van der Waals surface area contributed by atoms with Gasteiger partial charge in [0.25, 0.3) is 0 Å². The molecule has 3 rings (SSSR count). The molecule has 0 N–H and O–H groups in total. The lowest BCUT2D eigenvalue weighted by Crippen LogP contribution is -1.88. The van der Waals surface area contributed by atoms with Crippen molar-refractivity contribution in [2.24, 2.45) is 0 Å². The summed E-state index contributed by atoms with van der Waals surface area (Å²) in [7, 11) is 3.29. The number of hydrogen-bond donors (Lipinski definition) is 0. The van der Waals surface area contributed by atoms with Crippen molar-refractivity contribution < 1.29 is 9.47 Å². The molecule has 0 bridgehead atoms. The molecule has 2 aromatic carbocycles. The Hall–Kier alpha value is -2.81. The standard InChI is InChI=1S/C19H17NO2/c1-21-17-11-14(12-18(13-17)22-2)7-9-16-10-8-15-5-3-4-6-19(15)20-16/h3-13H,1-2H3. The van der Waals surface area contributed by atoms with Crippen LogP contribution in [0.1, 0.15) is 11.3 Å². The van der Waals surface area contributed by atoms with Gasteiger partial charge in [-0.2, -0.15) is 0 Å². The summed E-state index contributed by atoms with van der Waals surface area (Å²) in [5, 5.41) is 1.14. The molecule has 3 heteroatoms. The summed E-state index contributed by atoms with van der Waals surface area (Å²) in [4.78, 5) is 4.63. The summed E-state index contributed by atoms with van der Waals surface area (Å²) in [6.45, 7) is 0. The fraction of sp³-hybridized carbons (Fsp3) is 0.105. The Bertz CT molecular complexity index is 802. The Morgan fingerprint density at radius 3 is 2.27 bits per heavy atom. The minimum Gasteiger partial charge on any atom is -0.497 e. The van der Waals surface area contributed by atoms with Crippen LogP contribution in [0.2, 0.25) is 0 Å². The lowest BCUT2D eigenvalue weighted by molar-refractivity contribution is 0.394. The van der Waals surface area contributed by atoms with Crippen LogP contribution in [0.3, 0.4) is 0 Å². The van der Waals surface area contributed by atoms with Gasteiger partial charge in [-0.3, -0.25) is 0 Å². The van der Waals surface area contributed by atoms with E-state index in [-0.39, 0.29) is 0 Å². The van der Waals surface area contributed by atoms with E-state index in [1.807, 2.05) is 54.6 Å². The van der Waals surface area contributed by atoms with Gasteiger partial charge in [0.1, 0.15) is 11.5 Å². The number of pyridine rings is 1. The van der Waals surface area contributed by atoms with Gasteiger partial charge in [0.15, 0.2) is 0 Å². The Labute approximate surface area is 129 Å². The van der Waals surface area contributed by atoms with Gasteiger partial charge in [0.05, 0.1) is 25.4 Å². The van der Waals surface area contributed by atoms with E-state index in [1.54, 1.807) is 14.2 Å². The van der Waals surface area contributed by atoms with Crippen LogP contribution >= 0.6 is 0 Å². The molecule has 1 aromatic heterocycles. The average molecular weight is 291 g/mol. The Morgan fingerprint density at radius 1 is 0.818 bits per heavy atom. The number of rotatable bonds is 4. The molecule has 0 saturated heterocycles. The van der Waals surface area contributed by atoms with Crippen molar-refractivity contribution in [3.63, 3.8) is 0 Å². The highest BCUT2D eigenvalue weighted by Crippen LogP contribution is 2.24. The van der Waals surface area contributed by atoms with Crippen molar-refractivity contribution in [1.82, 2.24) is 4.98 Å². The third-order valence-corrected chi connectivity index (χ3v) is 3.44. The smallest absolute Gasteiger partial charge is 0.123 e. The molecule has 0 radical (unpaired) electrons. The SMILES string of the molecule is COc1cc(C=Cc2ccc3ccccc3n2)cc(OC)c1. The number of fused-ring (bicyclic) bond motifs is 1. The molecule has 3 nitrogen and oxygen atoms in total. The lowest BCUT2D eigenvalue weighted by Gasteiger charge is -2.05. The fourth-order valence-corrected chi connectivity index (χ4v) is 2.28. The molecule has 1 heterocycles. The van der Waals surface area contributed by atoms with Gasteiger partial charge in [-0.05, 0) is 35.9 Å². The number of benzene rings is 2. The van der Waals surface area contributed by atoms with Crippen molar-refractivity contribution in [2.75, 3.05) is 14.2 Å². The third kappa shape index (κ3) is 3.09. The van der Waals surface area contributed by atoms with Gasteiger partial charge < -0.3 is 9.47 Å². The zero-order valence-electron chi connectivity index (χ0n) is 12.6. The molecular formula is C19H17NO2. The maximum absolute atomic E-state index is 5.28. The van der Waals surface area contributed by atoms with Crippen LogP contribution in [0.15, 0.2) is 54.6 Å². The first kappa shape index (κ1) is 14.1. The monoisotopic (exact) mass is 291 g/mol. The van der Waals surface area contributed by atoms with E-state index in [4.69, 9.17) is 9.47 Å². The molecule has 0 aliphatic carbocycles. The van der Waals surface area contributed by atoms with Gasteiger partial charge in [-0.15, -0.1) is 0 Å². The highest BCUT2D eigenvalue weighted by Gasteiger charge is 2.00. The molecule has 0 atom stereocenters. The summed E-state index contributed by atoms with van der Waals surface area (Å²) in [6.07, 6.45) is 3.99. The van der Waals surface area contributed by atoms with E-state index in [1.165, 1.54) is 0 Å². The second-order valence-electron chi connectivity index (χ2n) is 4.91. The quantitative estimate of drug-likeness (QED) is 0.713. The van der Waals surface area contributed by atoms with Crippen molar-refractivity contribution in [1.29, 1.82) is 0 Å². The first-order valence-electron chi connectivity index (χ1n) is 7.05. The van der Waals surface area contributed by atoms with Crippen LogP contribution in [0.25, 0.3) is 23.1 Å². The van der Waals surface area contributed by atoms with Crippen molar-refractivity contribution in [3.8, 4) is 11.5 Å². The number of methoxy groups -OCH3 is 2. The number of hydrogen-bond acceptors (Lipinski definition) is 3. The van der Waals surface area contributed by atoms with Crippen LogP contribution in [0.4, 0.5) is 0 Å². The molecule has 0 aliphatic rings. The van der Waals surface area contributed by atoms with Gasteiger partial charge in [-0.25, -0.2) is 4.98 Å². The zero-order chi connectivity index (χ0) is 15.4. The van der Waals surface area contributed by atoms with Crippen LogP contribution in [0, 0.1) is 0 Å². The Kier molecular flexibility index (Phi) is 4.05. The number of para-hydroxylation sites is 1. The first-order valence-corrected chi connectivity index (χ1v) is 7.05. The molecule has 110 valence electrons. The van der Waals surface area contributed by atoms with E-state index < -0.39 is 0 Å². The van der Waals surface area contributed by atoms with Gasteiger partial charge in [0.2, 0.25) is 0 Å². The molecule has 22 heavy (non-hydrogen) atoms. The van der Waals surface area contributed by atoms with Crippen molar-refractivity contribution in [2.45, 2.75) is 0 Å². The highest BCUT2D eigenvalue weighted by molar-refractivity contribution is 5.80. The summed E-state index contributed by atoms with van der Waals surface area (Å²) in [6, 6.07) is 17.9.